The van der Waals surface area contributed by atoms with Crippen LogP contribution in [-0.4, -0.2) is 17.2 Å². The number of fused-ring (bicyclic) bond motifs is 1. The quantitative estimate of drug-likeness (QED) is 0.898. The molecule has 0 aliphatic rings. The molecule has 0 aliphatic heterocycles. The number of carbonyl (C=O) groups is 1. The van der Waals surface area contributed by atoms with Crippen LogP contribution < -0.4 is 4.74 Å². The van der Waals surface area contributed by atoms with Crippen LogP contribution in [0.2, 0.25) is 0 Å². The number of hydrogen-bond donors (Lipinski definition) is 1. The van der Waals surface area contributed by atoms with E-state index in [9.17, 15) is 4.79 Å². The standard InChI is InChI=1S/C15H16O3/c1-10(2)18-14-8-7-11-5-3-4-6-12(11)13(14)9-15(16)17/h3-8,10H,9H2,1-2H3,(H,16,17). The van der Waals surface area contributed by atoms with Crippen LogP contribution in [0.25, 0.3) is 10.8 Å². The van der Waals surface area contributed by atoms with Gasteiger partial charge in [-0.1, -0.05) is 30.3 Å². The Kier molecular flexibility index (Phi) is 3.51. The average Bonchev–Trinajstić information content (AvgIpc) is 2.31. The number of carboxylic acids is 1. The number of aliphatic carboxylic acids is 1. The lowest BCUT2D eigenvalue weighted by Crippen LogP contribution is -2.10. The Balaban J connectivity index is 2.58. The maximum Gasteiger partial charge on any atom is 0.307 e. The SMILES string of the molecule is CC(C)Oc1ccc2ccccc2c1CC(=O)O. The van der Waals surface area contributed by atoms with E-state index in [1.165, 1.54) is 0 Å². The maximum absolute atomic E-state index is 11.0. The lowest BCUT2D eigenvalue weighted by Gasteiger charge is -2.15. The number of carboxylic acid groups (broad SMARTS) is 1. The topological polar surface area (TPSA) is 46.5 Å². The monoisotopic (exact) mass is 244 g/mol. The van der Waals surface area contributed by atoms with Crippen molar-refractivity contribution in [3.8, 4) is 5.75 Å². The van der Waals surface area contributed by atoms with E-state index < -0.39 is 5.97 Å². The largest absolute Gasteiger partial charge is 0.491 e. The van der Waals surface area contributed by atoms with Gasteiger partial charge in [-0.2, -0.15) is 0 Å². The van der Waals surface area contributed by atoms with Gasteiger partial charge in [-0.25, -0.2) is 0 Å². The van der Waals surface area contributed by atoms with Crippen LogP contribution in [0.1, 0.15) is 19.4 Å². The molecule has 0 unspecified atom stereocenters. The Labute approximate surface area is 106 Å². The van der Waals surface area contributed by atoms with Gasteiger partial charge in [0.15, 0.2) is 0 Å². The van der Waals surface area contributed by atoms with Crippen molar-refractivity contribution in [1.29, 1.82) is 0 Å². The Hall–Kier alpha value is -2.03. The first kappa shape index (κ1) is 12.4. The van der Waals surface area contributed by atoms with E-state index in [0.717, 1.165) is 16.3 Å². The van der Waals surface area contributed by atoms with Gasteiger partial charge in [0.2, 0.25) is 0 Å². The summed E-state index contributed by atoms with van der Waals surface area (Å²) in [7, 11) is 0. The Morgan fingerprint density at radius 1 is 1.22 bits per heavy atom. The highest BCUT2D eigenvalue weighted by Crippen LogP contribution is 2.29. The molecule has 0 radical (unpaired) electrons. The molecule has 0 heterocycles. The summed E-state index contributed by atoms with van der Waals surface area (Å²) in [5, 5.41) is 11.0. The minimum atomic E-state index is -0.847. The first-order valence-electron chi connectivity index (χ1n) is 5.97. The molecule has 0 fully saturated rings. The van der Waals surface area contributed by atoms with Gasteiger partial charge in [-0.3, -0.25) is 4.79 Å². The van der Waals surface area contributed by atoms with E-state index >= 15 is 0 Å². The molecule has 0 spiro atoms. The normalized spacial score (nSPS) is 10.8. The van der Waals surface area contributed by atoms with Crippen LogP contribution in [0.5, 0.6) is 5.75 Å². The third kappa shape index (κ3) is 2.62. The number of benzene rings is 2. The molecule has 18 heavy (non-hydrogen) atoms. The second-order valence-electron chi connectivity index (χ2n) is 4.50. The number of rotatable bonds is 4. The molecular formula is C15H16O3. The number of ether oxygens (including phenoxy) is 1. The summed E-state index contributed by atoms with van der Waals surface area (Å²) in [5.41, 5.74) is 0.745. The molecule has 94 valence electrons. The molecule has 3 heteroatoms. The van der Waals surface area contributed by atoms with E-state index in [0.29, 0.717) is 5.75 Å². The first-order chi connectivity index (χ1) is 8.58. The average molecular weight is 244 g/mol. The van der Waals surface area contributed by atoms with Crippen molar-refractivity contribution < 1.29 is 14.6 Å². The van der Waals surface area contributed by atoms with Gasteiger partial charge < -0.3 is 9.84 Å². The zero-order chi connectivity index (χ0) is 13.1. The molecule has 0 saturated heterocycles. The molecule has 2 rings (SSSR count). The Morgan fingerprint density at radius 3 is 2.61 bits per heavy atom. The van der Waals surface area contributed by atoms with Crippen LogP contribution in [0.4, 0.5) is 0 Å². The van der Waals surface area contributed by atoms with Crippen LogP contribution in [0.15, 0.2) is 36.4 Å². The lowest BCUT2D eigenvalue weighted by molar-refractivity contribution is -0.136. The predicted octanol–water partition coefficient (Wildman–Crippen LogP) is 3.25. The van der Waals surface area contributed by atoms with Gasteiger partial charge in [0.05, 0.1) is 12.5 Å². The zero-order valence-electron chi connectivity index (χ0n) is 10.5. The maximum atomic E-state index is 11.0. The molecule has 1 N–H and O–H groups in total. The summed E-state index contributed by atoms with van der Waals surface area (Å²) >= 11 is 0. The van der Waals surface area contributed by atoms with Crippen molar-refractivity contribution in [3.05, 3.63) is 42.0 Å². The fourth-order valence-electron chi connectivity index (χ4n) is 2.01. The van der Waals surface area contributed by atoms with Crippen molar-refractivity contribution in [3.63, 3.8) is 0 Å². The van der Waals surface area contributed by atoms with Gasteiger partial charge in [0, 0.05) is 5.56 Å². The first-order valence-corrected chi connectivity index (χ1v) is 5.97. The molecule has 0 saturated carbocycles. The summed E-state index contributed by atoms with van der Waals surface area (Å²) in [4.78, 5) is 11.0. The molecule has 2 aromatic carbocycles. The minimum absolute atomic E-state index is 0.0244. The molecule has 0 bridgehead atoms. The molecule has 0 atom stereocenters. The third-order valence-electron chi connectivity index (χ3n) is 2.69. The highest BCUT2D eigenvalue weighted by atomic mass is 16.5. The van der Waals surface area contributed by atoms with E-state index in [1.807, 2.05) is 50.2 Å². The van der Waals surface area contributed by atoms with Crippen molar-refractivity contribution in [2.24, 2.45) is 0 Å². The van der Waals surface area contributed by atoms with Crippen LogP contribution in [0.3, 0.4) is 0 Å². The number of hydrogen-bond acceptors (Lipinski definition) is 2. The van der Waals surface area contributed by atoms with Crippen LogP contribution in [0, 0.1) is 0 Å². The third-order valence-corrected chi connectivity index (χ3v) is 2.69. The molecular weight excluding hydrogens is 228 g/mol. The minimum Gasteiger partial charge on any atom is -0.491 e. The molecule has 0 aromatic heterocycles. The predicted molar refractivity (Wildman–Crippen MR) is 71.1 cm³/mol. The summed E-state index contributed by atoms with van der Waals surface area (Å²) in [6.45, 7) is 3.86. The van der Waals surface area contributed by atoms with Crippen LogP contribution in [-0.2, 0) is 11.2 Å². The van der Waals surface area contributed by atoms with Gasteiger partial charge in [-0.05, 0) is 30.7 Å². The Bertz CT molecular complexity index is 573. The molecule has 0 amide bonds. The highest BCUT2D eigenvalue weighted by molar-refractivity contribution is 5.90. The van der Waals surface area contributed by atoms with Gasteiger partial charge in [0.1, 0.15) is 5.75 Å². The molecule has 2 aromatic rings. The summed E-state index contributed by atoms with van der Waals surface area (Å²) < 4.78 is 5.69. The van der Waals surface area contributed by atoms with E-state index in [4.69, 9.17) is 9.84 Å². The zero-order valence-corrected chi connectivity index (χ0v) is 10.5. The van der Waals surface area contributed by atoms with E-state index in [2.05, 4.69) is 0 Å². The van der Waals surface area contributed by atoms with E-state index in [1.54, 1.807) is 0 Å². The second kappa shape index (κ2) is 5.08. The highest BCUT2D eigenvalue weighted by Gasteiger charge is 2.13. The van der Waals surface area contributed by atoms with Crippen molar-refractivity contribution in [2.45, 2.75) is 26.4 Å². The van der Waals surface area contributed by atoms with Gasteiger partial charge in [0.25, 0.3) is 0 Å². The fraction of sp³-hybridized carbons (Fsp3) is 0.267. The van der Waals surface area contributed by atoms with Crippen molar-refractivity contribution in [1.82, 2.24) is 0 Å². The molecule has 0 aliphatic carbocycles. The smallest absolute Gasteiger partial charge is 0.307 e. The molecule has 3 nitrogen and oxygen atoms in total. The second-order valence-corrected chi connectivity index (χ2v) is 4.50. The summed E-state index contributed by atoms with van der Waals surface area (Å²) in [6, 6.07) is 11.6. The summed E-state index contributed by atoms with van der Waals surface area (Å²) in [5.74, 6) is -0.189. The lowest BCUT2D eigenvalue weighted by atomic mass is 10.0. The van der Waals surface area contributed by atoms with Crippen molar-refractivity contribution in [2.75, 3.05) is 0 Å². The summed E-state index contributed by atoms with van der Waals surface area (Å²) in [6.07, 6.45) is 0.00218. The van der Waals surface area contributed by atoms with Crippen LogP contribution >= 0.6 is 0 Å². The van der Waals surface area contributed by atoms with Gasteiger partial charge >= 0.3 is 5.97 Å². The van der Waals surface area contributed by atoms with Gasteiger partial charge in [-0.15, -0.1) is 0 Å². The Morgan fingerprint density at radius 2 is 1.94 bits per heavy atom. The fourth-order valence-corrected chi connectivity index (χ4v) is 2.01. The van der Waals surface area contributed by atoms with E-state index in [-0.39, 0.29) is 12.5 Å². The van der Waals surface area contributed by atoms with Crippen molar-refractivity contribution >= 4 is 16.7 Å².